The van der Waals surface area contributed by atoms with E-state index in [1.165, 1.54) is 12.1 Å². The average Bonchev–Trinajstić information content (AvgIpc) is 3.51. The van der Waals surface area contributed by atoms with Crippen molar-refractivity contribution in [2.24, 2.45) is 0 Å². The number of rotatable bonds is 8. The summed E-state index contributed by atoms with van der Waals surface area (Å²) in [4.78, 5) is 13.4. The molecule has 196 valence electrons. The summed E-state index contributed by atoms with van der Waals surface area (Å²) >= 11 is 0. The number of aliphatic hydroxyl groups excluding tert-OH is 5. The van der Waals surface area contributed by atoms with Crippen molar-refractivity contribution in [1.82, 2.24) is 0 Å². The van der Waals surface area contributed by atoms with Gasteiger partial charge in [-0.15, -0.1) is 0 Å². The maximum atomic E-state index is 13.4. The van der Waals surface area contributed by atoms with E-state index in [0.717, 1.165) is 24.3 Å². The van der Waals surface area contributed by atoms with Crippen molar-refractivity contribution < 1.29 is 65.0 Å². The van der Waals surface area contributed by atoms with Gasteiger partial charge in [-0.25, -0.2) is 0 Å². The summed E-state index contributed by atoms with van der Waals surface area (Å²) in [6.07, 6.45) is -11.8. The largest absolute Gasteiger partial charge is 0.504 e. The molecule has 2 aliphatic rings. The van der Waals surface area contributed by atoms with Crippen LogP contribution in [0.2, 0.25) is 0 Å². The summed E-state index contributed by atoms with van der Waals surface area (Å²) in [5.74, 6) is -2.86. The summed E-state index contributed by atoms with van der Waals surface area (Å²) in [6.45, 7) is -0.742. The minimum Gasteiger partial charge on any atom is -0.504 e. The minimum atomic E-state index is -1.84. The van der Waals surface area contributed by atoms with Gasteiger partial charge in [0.15, 0.2) is 41.4 Å². The molecule has 0 aromatic heterocycles. The van der Waals surface area contributed by atoms with Crippen LogP contribution in [0.25, 0.3) is 0 Å². The number of carbonyl (C=O) groups excluding carboxylic acids is 1. The first-order chi connectivity index (χ1) is 17.0. The van der Waals surface area contributed by atoms with Gasteiger partial charge >= 0.3 is 0 Å². The molecule has 0 spiro atoms. The highest BCUT2D eigenvalue weighted by atomic mass is 16.7. The molecule has 0 aliphatic carbocycles. The van der Waals surface area contributed by atoms with Gasteiger partial charge in [0.05, 0.1) is 6.61 Å². The molecule has 2 fully saturated rings. The molecule has 2 aromatic rings. The van der Waals surface area contributed by atoms with E-state index in [4.69, 9.17) is 14.2 Å². The third-order valence-electron chi connectivity index (χ3n) is 6.32. The molecule has 36 heavy (non-hydrogen) atoms. The molecule has 8 atom stereocenters. The summed E-state index contributed by atoms with van der Waals surface area (Å²) in [7, 11) is 0. The van der Waals surface area contributed by atoms with E-state index in [9.17, 15) is 50.8 Å². The van der Waals surface area contributed by atoms with Gasteiger partial charge in [0.25, 0.3) is 0 Å². The third-order valence-corrected chi connectivity index (χ3v) is 6.32. The average molecular weight is 510 g/mol. The lowest BCUT2D eigenvalue weighted by Crippen LogP contribution is -2.60. The highest BCUT2D eigenvalue weighted by Crippen LogP contribution is 2.51. The fourth-order valence-corrected chi connectivity index (χ4v) is 4.11. The molecule has 9 N–H and O–H groups in total. The highest BCUT2D eigenvalue weighted by molar-refractivity contribution is 6.00. The van der Waals surface area contributed by atoms with E-state index in [1.807, 2.05) is 0 Å². The van der Waals surface area contributed by atoms with Crippen LogP contribution >= 0.6 is 0 Å². The van der Waals surface area contributed by atoms with Crippen LogP contribution in [-0.4, -0.2) is 101 Å². The Kier molecular flexibility index (Phi) is 7.10. The lowest BCUT2D eigenvalue weighted by molar-refractivity contribution is -0.307. The maximum Gasteiger partial charge on any atom is 0.191 e. The number of hydrogen-bond acceptors (Lipinski definition) is 13. The van der Waals surface area contributed by atoms with Crippen LogP contribution in [0.15, 0.2) is 36.4 Å². The number of aliphatic hydroxyl groups is 5. The van der Waals surface area contributed by atoms with Crippen molar-refractivity contribution in [2.75, 3.05) is 6.61 Å². The minimum absolute atomic E-state index is 0.140. The lowest BCUT2D eigenvalue weighted by atomic mass is 9.89. The molecule has 2 saturated heterocycles. The molecular formula is C23H26O13. The van der Waals surface area contributed by atoms with Gasteiger partial charge < -0.3 is 60.2 Å². The van der Waals surface area contributed by atoms with Crippen LogP contribution in [0, 0.1) is 0 Å². The standard InChI is InChI=1S/C23H26O13/c24-8-16-18(30)19(31)20(32)21(35-16)34-15(17(29)9-1-3-11(25)13(27)5-9)7-23(22(33)36-23)10-2-4-12(26)14(28)6-10/h1-6,15-16,18-22,24-28,30-33H,7-8H2. The zero-order valence-corrected chi connectivity index (χ0v) is 18.6. The van der Waals surface area contributed by atoms with E-state index in [-0.39, 0.29) is 11.1 Å². The molecule has 4 rings (SSSR count). The molecule has 0 saturated carbocycles. The third kappa shape index (κ3) is 4.70. The van der Waals surface area contributed by atoms with Gasteiger partial charge in [0, 0.05) is 12.0 Å². The van der Waals surface area contributed by atoms with E-state index < -0.39 is 90.5 Å². The molecule has 2 heterocycles. The van der Waals surface area contributed by atoms with E-state index >= 15 is 0 Å². The van der Waals surface area contributed by atoms with Gasteiger partial charge in [-0.1, -0.05) is 6.07 Å². The first-order valence-electron chi connectivity index (χ1n) is 10.9. The van der Waals surface area contributed by atoms with Gasteiger partial charge in [0.1, 0.15) is 36.1 Å². The van der Waals surface area contributed by atoms with Crippen molar-refractivity contribution >= 4 is 5.78 Å². The normalized spacial score (nSPS) is 32.7. The Morgan fingerprint density at radius 3 is 2.06 bits per heavy atom. The Balaban J connectivity index is 1.68. The van der Waals surface area contributed by atoms with Crippen LogP contribution in [0.4, 0.5) is 0 Å². The Morgan fingerprint density at radius 2 is 1.50 bits per heavy atom. The Bertz CT molecular complexity index is 1120. The van der Waals surface area contributed by atoms with Gasteiger partial charge in [-0.2, -0.15) is 0 Å². The topological polar surface area (TPSA) is 230 Å². The molecule has 13 nitrogen and oxygen atoms in total. The fraction of sp³-hybridized carbons (Fsp3) is 0.435. The van der Waals surface area contributed by atoms with Crippen LogP contribution in [0.3, 0.4) is 0 Å². The zero-order valence-electron chi connectivity index (χ0n) is 18.6. The number of ketones is 1. The predicted octanol–water partition coefficient (Wildman–Crippen LogP) is -1.49. The van der Waals surface area contributed by atoms with E-state index in [1.54, 1.807) is 0 Å². The van der Waals surface area contributed by atoms with Crippen molar-refractivity contribution in [3.05, 3.63) is 47.5 Å². The summed E-state index contributed by atoms with van der Waals surface area (Å²) < 4.78 is 16.4. The number of Topliss-reactive ketones (excluding diaryl/α,β-unsaturated/α-hetero) is 1. The molecule has 13 heteroatoms. The number of benzene rings is 2. The second kappa shape index (κ2) is 9.80. The zero-order chi connectivity index (χ0) is 26.4. The molecule has 8 unspecified atom stereocenters. The van der Waals surface area contributed by atoms with Gasteiger partial charge in [-0.3, -0.25) is 4.79 Å². The first-order valence-corrected chi connectivity index (χ1v) is 10.9. The quantitative estimate of drug-likeness (QED) is 0.112. The second-order valence-electron chi connectivity index (χ2n) is 8.66. The van der Waals surface area contributed by atoms with E-state index in [0.29, 0.717) is 0 Å². The van der Waals surface area contributed by atoms with Crippen molar-refractivity contribution in [2.45, 2.75) is 55.1 Å². The number of hydrogen-bond donors (Lipinski definition) is 9. The summed E-state index contributed by atoms with van der Waals surface area (Å²) in [5.41, 5.74) is -1.56. The van der Waals surface area contributed by atoms with E-state index in [2.05, 4.69) is 0 Å². The Morgan fingerprint density at radius 1 is 0.889 bits per heavy atom. The smallest absolute Gasteiger partial charge is 0.191 e. The number of phenolic OH excluding ortho intramolecular Hbond substituents is 4. The number of aromatic hydroxyl groups is 4. The lowest BCUT2D eigenvalue weighted by Gasteiger charge is -2.40. The van der Waals surface area contributed by atoms with Crippen molar-refractivity contribution in [3.63, 3.8) is 0 Å². The van der Waals surface area contributed by atoms with Crippen LogP contribution in [0.5, 0.6) is 23.0 Å². The molecule has 0 radical (unpaired) electrons. The molecule has 0 bridgehead atoms. The molecule has 2 aromatic carbocycles. The molecule has 0 amide bonds. The van der Waals surface area contributed by atoms with Crippen LogP contribution in [-0.2, 0) is 19.8 Å². The summed E-state index contributed by atoms with van der Waals surface area (Å²) in [5, 5.41) is 89.2. The van der Waals surface area contributed by atoms with Gasteiger partial charge in [-0.05, 0) is 35.9 Å². The Labute approximate surface area is 203 Å². The number of carbonyl (C=O) groups is 1. The number of epoxide rings is 1. The van der Waals surface area contributed by atoms with Crippen LogP contribution in [0.1, 0.15) is 22.3 Å². The van der Waals surface area contributed by atoms with Crippen LogP contribution < -0.4 is 0 Å². The monoisotopic (exact) mass is 510 g/mol. The molecule has 2 aliphatic heterocycles. The SMILES string of the molecule is O=C(c1ccc(O)c(O)c1)C(CC1(c2ccc(O)c(O)c2)OC1O)OC1OC(CO)C(O)C(O)C1O. The van der Waals surface area contributed by atoms with Gasteiger partial charge in [0.2, 0.25) is 0 Å². The van der Waals surface area contributed by atoms with Crippen molar-refractivity contribution in [3.8, 4) is 23.0 Å². The molecular weight excluding hydrogens is 484 g/mol. The Hall–Kier alpha value is -3.01. The fourth-order valence-electron chi connectivity index (χ4n) is 4.11. The maximum absolute atomic E-state index is 13.4. The second-order valence-corrected chi connectivity index (χ2v) is 8.66. The van der Waals surface area contributed by atoms with Crippen molar-refractivity contribution in [1.29, 1.82) is 0 Å². The first kappa shape index (κ1) is 26.1. The number of ether oxygens (including phenoxy) is 3. The highest BCUT2D eigenvalue weighted by Gasteiger charge is 2.60. The predicted molar refractivity (Wildman–Crippen MR) is 116 cm³/mol. The number of phenols is 4. The summed E-state index contributed by atoms with van der Waals surface area (Å²) in [6, 6.07) is 6.81.